The Morgan fingerprint density at radius 3 is 2.40 bits per heavy atom. The van der Waals surface area contributed by atoms with E-state index in [-0.39, 0.29) is 11.4 Å². The molecule has 0 fully saturated rings. The number of hydrogen-bond donors (Lipinski definition) is 1. The highest BCUT2D eigenvalue weighted by Crippen LogP contribution is 2.35. The highest BCUT2D eigenvalue weighted by molar-refractivity contribution is 6.30. The van der Waals surface area contributed by atoms with Gasteiger partial charge in [-0.25, -0.2) is 0 Å². The molecule has 82 valence electrons. The maximum Gasteiger partial charge on any atom is 0.419 e. The van der Waals surface area contributed by atoms with Gasteiger partial charge in [0.15, 0.2) is 5.78 Å². The number of alkyl halides is 4. The van der Waals surface area contributed by atoms with Gasteiger partial charge in [0.05, 0.1) is 11.4 Å². The number of rotatable bonds is 2. The first kappa shape index (κ1) is 11.8. The van der Waals surface area contributed by atoms with Gasteiger partial charge in [-0.2, -0.15) is 13.2 Å². The van der Waals surface area contributed by atoms with Gasteiger partial charge < -0.3 is 5.11 Å². The molecule has 1 aromatic rings. The molecule has 2 nitrogen and oxygen atoms in total. The van der Waals surface area contributed by atoms with Gasteiger partial charge >= 0.3 is 6.18 Å². The maximum absolute atomic E-state index is 12.2. The van der Waals surface area contributed by atoms with Crippen molar-refractivity contribution in [1.82, 2.24) is 0 Å². The molecule has 0 bridgehead atoms. The number of carbonyl (C=O) groups is 1. The predicted octanol–water partition coefficient (Wildman–Crippen LogP) is 2.83. The molecule has 6 heteroatoms. The van der Waals surface area contributed by atoms with E-state index in [9.17, 15) is 18.0 Å². The van der Waals surface area contributed by atoms with Crippen molar-refractivity contribution in [2.75, 3.05) is 5.88 Å². The van der Waals surface area contributed by atoms with Gasteiger partial charge in [-0.15, -0.1) is 11.6 Å². The zero-order valence-corrected chi connectivity index (χ0v) is 8.06. The molecule has 0 aromatic heterocycles. The quantitative estimate of drug-likeness (QED) is 0.635. The second-order valence-electron chi connectivity index (χ2n) is 2.79. The van der Waals surface area contributed by atoms with Crippen molar-refractivity contribution in [3.63, 3.8) is 0 Å². The van der Waals surface area contributed by atoms with Crippen LogP contribution in [0.3, 0.4) is 0 Å². The minimum atomic E-state index is -4.63. The summed E-state index contributed by atoms with van der Waals surface area (Å²) in [7, 11) is 0. The number of hydrogen-bond acceptors (Lipinski definition) is 2. The third-order valence-corrected chi connectivity index (χ3v) is 1.99. The minimum Gasteiger partial charge on any atom is -0.507 e. The average molecular weight is 239 g/mol. The van der Waals surface area contributed by atoms with Gasteiger partial charge in [-0.1, -0.05) is 6.07 Å². The standard InChI is InChI=1S/C9H6ClF3O2/c10-4-8(15)5-1-2-6(7(14)3-5)9(11,12)13/h1-3,14H,4H2. The summed E-state index contributed by atoms with van der Waals surface area (Å²) < 4.78 is 36.6. The summed E-state index contributed by atoms with van der Waals surface area (Å²) in [5, 5.41) is 9.06. The van der Waals surface area contributed by atoms with E-state index < -0.39 is 23.3 Å². The summed E-state index contributed by atoms with van der Waals surface area (Å²) >= 11 is 5.22. The number of aromatic hydroxyl groups is 1. The lowest BCUT2D eigenvalue weighted by Crippen LogP contribution is -2.07. The molecule has 0 aliphatic heterocycles. The lowest BCUT2D eigenvalue weighted by Gasteiger charge is -2.09. The molecule has 0 unspecified atom stereocenters. The number of benzene rings is 1. The Balaban J connectivity index is 3.15. The molecule has 0 saturated carbocycles. The van der Waals surface area contributed by atoms with Crippen LogP contribution in [0.25, 0.3) is 0 Å². The Morgan fingerprint density at radius 2 is 2.00 bits per heavy atom. The van der Waals surface area contributed by atoms with Crippen LogP contribution in [0.15, 0.2) is 18.2 Å². The van der Waals surface area contributed by atoms with E-state index in [0.29, 0.717) is 6.07 Å². The van der Waals surface area contributed by atoms with Gasteiger partial charge in [0.2, 0.25) is 0 Å². The van der Waals surface area contributed by atoms with Crippen LogP contribution in [0.4, 0.5) is 13.2 Å². The first-order valence-corrected chi connectivity index (χ1v) is 4.39. The Labute approximate surface area is 88.3 Å². The fourth-order valence-corrected chi connectivity index (χ4v) is 1.18. The monoisotopic (exact) mass is 238 g/mol. The third kappa shape index (κ3) is 2.62. The largest absolute Gasteiger partial charge is 0.507 e. The Morgan fingerprint density at radius 1 is 1.40 bits per heavy atom. The van der Waals surface area contributed by atoms with Crippen molar-refractivity contribution >= 4 is 17.4 Å². The third-order valence-electron chi connectivity index (χ3n) is 1.75. The predicted molar refractivity (Wildman–Crippen MR) is 48.2 cm³/mol. The highest BCUT2D eigenvalue weighted by Gasteiger charge is 2.33. The second kappa shape index (κ2) is 4.10. The average Bonchev–Trinajstić information content (AvgIpc) is 2.14. The Bertz CT molecular complexity index is 387. The van der Waals surface area contributed by atoms with Crippen LogP contribution in [0.2, 0.25) is 0 Å². The molecule has 0 atom stereocenters. The van der Waals surface area contributed by atoms with E-state index in [2.05, 4.69) is 0 Å². The van der Waals surface area contributed by atoms with E-state index in [1.165, 1.54) is 0 Å². The van der Waals surface area contributed by atoms with Gasteiger partial charge in [0, 0.05) is 5.56 Å². The van der Waals surface area contributed by atoms with Crippen molar-refractivity contribution in [1.29, 1.82) is 0 Å². The van der Waals surface area contributed by atoms with Gasteiger partial charge in [0.1, 0.15) is 5.75 Å². The van der Waals surface area contributed by atoms with E-state index >= 15 is 0 Å². The molecule has 1 N–H and O–H groups in total. The Kier molecular flexibility index (Phi) is 3.24. The van der Waals surface area contributed by atoms with E-state index in [1.807, 2.05) is 0 Å². The summed E-state index contributed by atoms with van der Waals surface area (Å²) in [5.74, 6) is -1.86. The molecule has 1 rings (SSSR count). The van der Waals surface area contributed by atoms with E-state index in [1.54, 1.807) is 0 Å². The normalized spacial score (nSPS) is 11.5. The summed E-state index contributed by atoms with van der Waals surface area (Å²) in [4.78, 5) is 11.0. The lowest BCUT2D eigenvalue weighted by molar-refractivity contribution is -0.138. The first-order chi connectivity index (χ1) is 6.86. The summed E-state index contributed by atoms with van der Waals surface area (Å²) in [5.41, 5.74) is -1.22. The van der Waals surface area contributed by atoms with Crippen molar-refractivity contribution in [2.45, 2.75) is 6.18 Å². The van der Waals surface area contributed by atoms with Crippen molar-refractivity contribution in [3.8, 4) is 5.75 Å². The number of ketones is 1. The van der Waals surface area contributed by atoms with Crippen LogP contribution < -0.4 is 0 Å². The number of halogens is 4. The van der Waals surface area contributed by atoms with Crippen LogP contribution in [0.5, 0.6) is 5.75 Å². The van der Waals surface area contributed by atoms with Crippen molar-refractivity contribution < 1.29 is 23.1 Å². The second-order valence-corrected chi connectivity index (χ2v) is 3.05. The van der Waals surface area contributed by atoms with Crippen LogP contribution in [0, 0.1) is 0 Å². The summed E-state index contributed by atoms with van der Waals surface area (Å²) in [6.45, 7) is 0. The number of phenols is 1. The summed E-state index contributed by atoms with van der Waals surface area (Å²) in [6, 6.07) is 2.38. The SMILES string of the molecule is O=C(CCl)c1ccc(C(F)(F)F)c(O)c1. The minimum absolute atomic E-state index is 0.0458. The van der Waals surface area contributed by atoms with Crippen LogP contribution in [-0.2, 0) is 6.18 Å². The van der Waals surface area contributed by atoms with E-state index in [4.69, 9.17) is 16.7 Å². The highest BCUT2D eigenvalue weighted by atomic mass is 35.5. The number of carbonyl (C=O) groups excluding carboxylic acids is 1. The van der Waals surface area contributed by atoms with E-state index in [0.717, 1.165) is 12.1 Å². The first-order valence-electron chi connectivity index (χ1n) is 3.85. The molecule has 0 spiro atoms. The molecule has 0 heterocycles. The molecular weight excluding hydrogens is 233 g/mol. The molecule has 0 radical (unpaired) electrons. The number of phenolic OH excluding ortho intramolecular Hbond substituents is 1. The zero-order chi connectivity index (χ0) is 11.6. The number of Topliss-reactive ketones (excluding diaryl/α,β-unsaturated/α-hetero) is 1. The smallest absolute Gasteiger partial charge is 0.419 e. The van der Waals surface area contributed by atoms with Crippen molar-refractivity contribution in [2.24, 2.45) is 0 Å². The molecular formula is C9H6ClF3O2. The maximum atomic E-state index is 12.2. The fourth-order valence-electron chi connectivity index (χ4n) is 1.02. The summed E-state index contributed by atoms with van der Waals surface area (Å²) in [6.07, 6.45) is -4.63. The van der Waals surface area contributed by atoms with Crippen LogP contribution in [0.1, 0.15) is 15.9 Å². The molecule has 0 saturated heterocycles. The lowest BCUT2D eigenvalue weighted by atomic mass is 10.1. The Hall–Kier alpha value is -1.23. The topological polar surface area (TPSA) is 37.3 Å². The molecule has 0 aliphatic carbocycles. The van der Waals surface area contributed by atoms with Crippen LogP contribution >= 0.6 is 11.6 Å². The molecule has 0 aliphatic rings. The van der Waals surface area contributed by atoms with Crippen molar-refractivity contribution in [3.05, 3.63) is 29.3 Å². The van der Waals surface area contributed by atoms with Gasteiger partial charge in [-0.05, 0) is 12.1 Å². The molecule has 1 aromatic carbocycles. The van der Waals surface area contributed by atoms with Gasteiger partial charge in [0.25, 0.3) is 0 Å². The zero-order valence-electron chi connectivity index (χ0n) is 7.31. The molecule has 15 heavy (non-hydrogen) atoms. The fraction of sp³-hybridized carbons (Fsp3) is 0.222. The molecule has 0 amide bonds. The van der Waals surface area contributed by atoms with Gasteiger partial charge in [-0.3, -0.25) is 4.79 Å². The van der Waals surface area contributed by atoms with Crippen LogP contribution in [-0.4, -0.2) is 16.8 Å².